The van der Waals surface area contributed by atoms with E-state index in [0.29, 0.717) is 6.61 Å². The van der Waals surface area contributed by atoms with E-state index in [0.717, 1.165) is 0 Å². The van der Waals surface area contributed by atoms with Crippen molar-refractivity contribution in [1.29, 1.82) is 0 Å². The first kappa shape index (κ1) is 10.9. The van der Waals surface area contributed by atoms with Crippen molar-refractivity contribution in [1.82, 2.24) is 0 Å². The molecular formula is C7H13NO4. The second-order valence-electron chi connectivity index (χ2n) is 2.63. The summed E-state index contributed by atoms with van der Waals surface area (Å²) < 4.78 is 4.63. The van der Waals surface area contributed by atoms with Crippen LogP contribution in [0.1, 0.15) is 20.3 Å². The predicted octanol–water partition coefficient (Wildman–Crippen LogP) is 0.852. The number of nitrogens with zero attached hydrogens (tertiary/aromatic N) is 1. The lowest BCUT2D eigenvalue weighted by molar-refractivity contribution is -0.487. The monoisotopic (exact) mass is 175 g/mol. The van der Waals surface area contributed by atoms with E-state index in [-0.39, 0.29) is 24.9 Å². The summed E-state index contributed by atoms with van der Waals surface area (Å²) in [6.45, 7) is 3.50. The normalized spacial score (nSPS) is 12.2. The Balaban J connectivity index is 3.61. The fraction of sp³-hybridized carbons (Fsp3) is 0.857. The van der Waals surface area contributed by atoms with Crippen LogP contribution in [0.2, 0.25) is 0 Å². The van der Waals surface area contributed by atoms with Crippen molar-refractivity contribution in [3.8, 4) is 0 Å². The third-order valence-electron chi connectivity index (χ3n) is 1.28. The molecule has 0 N–H and O–H groups in total. The lowest BCUT2D eigenvalue weighted by atomic mass is 10.1. The zero-order chi connectivity index (χ0) is 9.56. The molecule has 0 amide bonds. The quantitative estimate of drug-likeness (QED) is 0.353. The average Bonchev–Trinajstić information content (AvgIpc) is 1.84. The van der Waals surface area contributed by atoms with Crippen LogP contribution in [0.5, 0.6) is 0 Å². The highest BCUT2D eigenvalue weighted by Gasteiger charge is 2.14. The van der Waals surface area contributed by atoms with Crippen LogP contribution in [0.4, 0.5) is 0 Å². The summed E-state index contributed by atoms with van der Waals surface area (Å²) in [5.41, 5.74) is 0. The molecule has 12 heavy (non-hydrogen) atoms. The minimum absolute atomic E-state index is 0.120. The van der Waals surface area contributed by atoms with Gasteiger partial charge < -0.3 is 4.74 Å². The van der Waals surface area contributed by atoms with E-state index in [1.807, 2.05) is 0 Å². The molecule has 1 unspecified atom stereocenters. The van der Waals surface area contributed by atoms with Gasteiger partial charge in [-0.1, -0.05) is 6.92 Å². The van der Waals surface area contributed by atoms with Crippen LogP contribution in [-0.2, 0) is 9.53 Å². The standard InChI is InChI=1S/C7H13NO4/c1-3-12-7(9)4-6(2)5-8(10)11/h6H,3-5H2,1-2H3. The summed E-state index contributed by atoms with van der Waals surface area (Å²) in [7, 11) is 0. The van der Waals surface area contributed by atoms with Gasteiger partial charge >= 0.3 is 5.97 Å². The van der Waals surface area contributed by atoms with Crippen molar-refractivity contribution in [2.45, 2.75) is 20.3 Å². The van der Waals surface area contributed by atoms with Gasteiger partial charge in [0, 0.05) is 10.8 Å². The molecule has 1 atom stereocenters. The van der Waals surface area contributed by atoms with Crippen molar-refractivity contribution in [2.24, 2.45) is 5.92 Å². The molecule has 0 radical (unpaired) electrons. The molecule has 0 aromatic carbocycles. The van der Waals surface area contributed by atoms with Gasteiger partial charge in [-0.05, 0) is 6.92 Å². The topological polar surface area (TPSA) is 69.4 Å². The third kappa shape index (κ3) is 5.64. The van der Waals surface area contributed by atoms with Crippen molar-refractivity contribution in [3.63, 3.8) is 0 Å². The molecule has 0 aliphatic heterocycles. The van der Waals surface area contributed by atoms with E-state index in [2.05, 4.69) is 4.74 Å². The van der Waals surface area contributed by atoms with Crippen LogP contribution in [0.25, 0.3) is 0 Å². The van der Waals surface area contributed by atoms with Crippen molar-refractivity contribution >= 4 is 5.97 Å². The van der Waals surface area contributed by atoms with Gasteiger partial charge in [-0.2, -0.15) is 0 Å². The van der Waals surface area contributed by atoms with Crippen LogP contribution in [0.15, 0.2) is 0 Å². The maximum absolute atomic E-state index is 10.8. The molecule has 5 heteroatoms. The van der Waals surface area contributed by atoms with Crippen LogP contribution in [0, 0.1) is 16.0 Å². The second-order valence-corrected chi connectivity index (χ2v) is 2.63. The van der Waals surface area contributed by atoms with Gasteiger partial charge in [0.25, 0.3) is 0 Å². The molecule has 0 rings (SSSR count). The average molecular weight is 175 g/mol. The predicted molar refractivity (Wildman–Crippen MR) is 42.3 cm³/mol. The molecule has 70 valence electrons. The lowest BCUT2D eigenvalue weighted by Crippen LogP contribution is -2.16. The summed E-state index contributed by atoms with van der Waals surface area (Å²) in [5.74, 6) is -0.620. The van der Waals surface area contributed by atoms with Gasteiger partial charge in [-0.3, -0.25) is 14.9 Å². The molecule has 0 saturated heterocycles. The molecule has 0 aromatic rings. The van der Waals surface area contributed by atoms with Gasteiger partial charge in [0.05, 0.1) is 13.0 Å². The van der Waals surface area contributed by atoms with Gasteiger partial charge in [-0.15, -0.1) is 0 Å². The Labute approximate surface area is 70.9 Å². The van der Waals surface area contributed by atoms with Crippen LogP contribution in [-0.4, -0.2) is 24.0 Å². The number of hydrogen-bond donors (Lipinski definition) is 0. The lowest BCUT2D eigenvalue weighted by Gasteiger charge is -2.04. The molecule has 0 aliphatic rings. The molecule has 0 saturated carbocycles. The SMILES string of the molecule is CCOC(=O)CC(C)C[N+](=O)[O-]. The maximum atomic E-state index is 10.8. The largest absolute Gasteiger partial charge is 0.466 e. The Bertz CT molecular complexity index is 169. The maximum Gasteiger partial charge on any atom is 0.306 e. The van der Waals surface area contributed by atoms with E-state index in [9.17, 15) is 14.9 Å². The molecule has 0 spiro atoms. The number of carbonyl (C=O) groups is 1. The summed E-state index contributed by atoms with van der Waals surface area (Å²) in [6, 6.07) is 0. The highest BCUT2D eigenvalue weighted by molar-refractivity contribution is 5.69. The zero-order valence-corrected chi connectivity index (χ0v) is 7.28. The molecule has 0 bridgehead atoms. The Kier molecular flexibility index (Phi) is 4.99. The highest BCUT2D eigenvalue weighted by atomic mass is 16.6. The Morgan fingerprint density at radius 1 is 1.67 bits per heavy atom. The molecule has 0 fully saturated rings. The number of nitro groups is 1. The summed E-state index contributed by atoms with van der Waals surface area (Å²) in [6.07, 6.45) is 0.120. The van der Waals surface area contributed by atoms with Crippen LogP contribution >= 0.6 is 0 Å². The van der Waals surface area contributed by atoms with Crippen molar-refractivity contribution < 1.29 is 14.5 Å². The minimum atomic E-state index is -0.427. The van der Waals surface area contributed by atoms with Gasteiger partial charge in [0.15, 0.2) is 0 Å². The van der Waals surface area contributed by atoms with E-state index in [1.54, 1.807) is 13.8 Å². The first-order valence-corrected chi connectivity index (χ1v) is 3.83. The molecule has 0 heterocycles. The minimum Gasteiger partial charge on any atom is -0.466 e. The second kappa shape index (κ2) is 5.51. The van der Waals surface area contributed by atoms with Gasteiger partial charge in [-0.25, -0.2) is 0 Å². The first-order valence-electron chi connectivity index (χ1n) is 3.83. The highest BCUT2D eigenvalue weighted by Crippen LogP contribution is 2.03. The molecule has 0 aromatic heterocycles. The van der Waals surface area contributed by atoms with E-state index in [1.165, 1.54) is 0 Å². The fourth-order valence-electron chi connectivity index (χ4n) is 0.823. The smallest absolute Gasteiger partial charge is 0.306 e. The van der Waals surface area contributed by atoms with Gasteiger partial charge in [0.1, 0.15) is 0 Å². The van der Waals surface area contributed by atoms with E-state index < -0.39 is 4.92 Å². The molecule has 0 aliphatic carbocycles. The number of hydrogen-bond acceptors (Lipinski definition) is 4. The summed E-state index contributed by atoms with van der Waals surface area (Å²) in [5, 5.41) is 10.0. The molecule has 5 nitrogen and oxygen atoms in total. The van der Waals surface area contributed by atoms with Crippen LogP contribution < -0.4 is 0 Å². The van der Waals surface area contributed by atoms with E-state index >= 15 is 0 Å². The summed E-state index contributed by atoms with van der Waals surface area (Å²) >= 11 is 0. The Morgan fingerprint density at radius 3 is 2.67 bits per heavy atom. The Hall–Kier alpha value is -1.13. The zero-order valence-electron chi connectivity index (χ0n) is 7.28. The van der Waals surface area contributed by atoms with E-state index in [4.69, 9.17) is 0 Å². The third-order valence-corrected chi connectivity index (χ3v) is 1.28. The number of rotatable bonds is 5. The first-order chi connectivity index (χ1) is 5.56. The Morgan fingerprint density at radius 2 is 2.25 bits per heavy atom. The fourth-order valence-corrected chi connectivity index (χ4v) is 0.823. The number of ether oxygens (including phenoxy) is 1. The van der Waals surface area contributed by atoms with Crippen LogP contribution in [0.3, 0.4) is 0 Å². The van der Waals surface area contributed by atoms with Gasteiger partial charge in [0.2, 0.25) is 6.54 Å². The summed E-state index contributed by atoms with van der Waals surface area (Å²) in [4.78, 5) is 20.4. The molecular weight excluding hydrogens is 162 g/mol. The number of carbonyl (C=O) groups excluding carboxylic acids is 1. The van der Waals surface area contributed by atoms with Crippen molar-refractivity contribution in [3.05, 3.63) is 10.1 Å². The van der Waals surface area contributed by atoms with Crippen molar-refractivity contribution in [2.75, 3.05) is 13.2 Å². The number of esters is 1.